The van der Waals surface area contributed by atoms with E-state index in [2.05, 4.69) is 0 Å². The van der Waals surface area contributed by atoms with Gasteiger partial charge in [-0.25, -0.2) is 0 Å². The van der Waals surface area contributed by atoms with Crippen LogP contribution in [-0.4, -0.2) is 27.4 Å². The Hall–Kier alpha value is 0.540. The van der Waals surface area contributed by atoms with E-state index < -0.39 is 0 Å². The zero-order chi connectivity index (χ0) is 0. The SMILES string of the molecule is [Nb+5].[OH-].[OH-].[OH-].[OH-].[OH-]. The van der Waals surface area contributed by atoms with Crippen molar-refractivity contribution in [2.75, 3.05) is 0 Å². The van der Waals surface area contributed by atoms with E-state index in [0.717, 1.165) is 0 Å². The van der Waals surface area contributed by atoms with E-state index in [1.54, 1.807) is 0 Å². The zero-order valence-corrected chi connectivity index (χ0v) is 4.88. The van der Waals surface area contributed by atoms with Crippen molar-refractivity contribution >= 4 is 0 Å². The maximum absolute atomic E-state index is 0. The Morgan fingerprint density at radius 1 is 0.333 bits per heavy atom. The third kappa shape index (κ3) is 195. The molecular formula is H5NbO5. The first-order chi connectivity index (χ1) is 0. The van der Waals surface area contributed by atoms with Crippen LogP contribution in [-0.2, 0) is 22.4 Å². The van der Waals surface area contributed by atoms with Gasteiger partial charge in [0, 0.05) is 0 Å². The van der Waals surface area contributed by atoms with Crippen LogP contribution in [0, 0.1) is 0 Å². The molecule has 0 saturated carbocycles. The minimum Gasteiger partial charge on any atom is -0.870 e. The quantitative estimate of drug-likeness (QED) is 0.440. The Morgan fingerprint density at radius 2 is 0.333 bits per heavy atom. The van der Waals surface area contributed by atoms with Crippen molar-refractivity contribution < 1.29 is 49.8 Å². The molecule has 5 nitrogen and oxygen atoms in total. The van der Waals surface area contributed by atoms with Gasteiger partial charge in [0.25, 0.3) is 0 Å². The number of rotatable bonds is 0. The zero-order valence-electron chi connectivity index (χ0n) is 2.68. The first-order valence-electron chi connectivity index (χ1n) is 0. The Bertz CT molecular complexity index is 3.90. The normalized spacial score (nSPS) is 0. The summed E-state index contributed by atoms with van der Waals surface area (Å²) in [5.41, 5.74) is 0. The van der Waals surface area contributed by atoms with Gasteiger partial charge >= 0.3 is 22.4 Å². The third-order valence-corrected chi connectivity index (χ3v) is 0. The molecule has 0 aliphatic carbocycles. The molecule has 0 amide bonds. The molecule has 0 aliphatic heterocycles. The van der Waals surface area contributed by atoms with Gasteiger partial charge in [-0.1, -0.05) is 0 Å². The van der Waals surface area contributed by atoms with Crippen LogP contribution in [0.5, 0.6) is 0 Å². The Balaban J connectivity index is 0. The topological polar surface area (TPSA) is 150 Å². The van der Waals surface area contributed by atoms with E-state index in [4.69, 9.17) is 0 Å². The molecule has 0 heterocycles. The van der Waals surface area contributed by atoms with Crippen molar-refractivity contribution in [3.63, 3.8) is 0 Å². The van der Waals surface area contributed by atoms with Gasteiger partial charge in [0.15, 0.2) is 0 Å². The largest absolute Gasteiger partial charge is 5.00 e. The van der Waals surface area contributed by atoms with Gasteiger partial charge in [0.2, 0.25) is 0 Å². The number of hydrogen-bond donors (Lipinski definition) is 0. The summed E-state index contributed by atoms with van der Waals surface area (Å²) < 4.78 is 0. The summed E-state index contributed by atoms with van der Waals surface area (Å²) in [5.74, 6) is 0. The molecule has 0 saturated heterocycles. The van der Waals surface area contributed by atoms with E-state index in [1.165, 1.54) is 0 Å². The predicted molar refractivity (Wildman–Crippen MR) is 9.68 cm³/mol. The standard InChI is InChI=1S/Nb.5H2O/h;5*1H2/q+5;;;;;/p-5. The van der Waals surface area contributed by atoms with E-state index in [-0.39, 0.29) is 49.8 Å². The summed E-state index contributed by atoms with van der Waals surface area (Å²) in [4.78, 5) is 0. The van der Waals surface area contributed by atoms with Crippen LogP contribution in [0.2, 0.25) is 0 Å². The Labute approximate surface area is 50.4 Å². The van der Waals surface area contributed by atoms with Crippen LogP contribution >= 0.6 is 0 Å². The first-order valence-corrected chi connectivity index (χ1v) is 0. The van der Waals surface area contributed by atoms with Crippen LogP contribution in [0.15, 0.2) is 0 Å². The average molecular weight is 178 g/mol. The fourth-order valence-corrected chi connectivity index (χ4v) is 0. The molecule has 40 valence electrons. The summed E-state index contributed by atoms with van der Waals surface area (Å²) in [6.45, 7) is 0. The van der Waals surface area contributed by atoms with Crippen molar-refractivity contribution in [2.24, 2.45) is 0 Å². The third-order valence-electron chi connectivity index (χ3n) is 0. The number of hydrogen-bond acceptors (Lipinski definition) is 5. The minimum atomic E-state index is 0. The second-order valence-electron chi connectivity index (χ2n) is 0. The second-order valence-corrected chi connectivity index (χ2v) is 0. The molecule has 0 spiro atoms. The molecule has 0 fully saturated rings. The van der Waals surface area contributed by atoms with Gasteiger partial charge in [0.05, 0.1) is 0 Å². The monoisotopic (exact) mass is 178 g/mol. The fourth-order valence-electron chi connectivity index (χ4n) is 0. The van der Waals surface area contributed by atoms with Gasteiger partial charge in [-0.15, -0.1) is 0 Å². The van der Waals surface area contributed by atoms with Crippen molar-refractivity contribution in [3.8, 4) is 0 Å². The molecule has 6 heteroatoms. The molecular weight excluding hydrogens is 173 g/mol. The second kappa shape index (κ2) is 391. The molecule has 0 aliphatic rings. The first kappa shape index (κ1) is 688. The van der Waals surface area contributed by atoms with E-state index in [1.807, 2.05) is 0 Å². The average Bonchev–Trinajstić information content (AvgIpc) is 0. The molecule has 0 aromatic carbocycles. The molecule has 6 heavy (non-hydrogen) atoms. The fraction of sp³-hybridized carbons (Fsp3) is 0. The maximum atomic E-state index is 0. The molecule has 0 bridgehead atoms. The summed E-state index contributed by atoms with van der Waals surface area (Å²) in [5, 5.41) is 0. The van der Waals surface area contributed by atoms with Gasteiger partial charge in [-0.3, -0.25) is 0 Å². The van der Waals surface area contributed by atoms with Crippen LogP contribution in [0.1, 0.15) is 0 Å². The van der Waals surface area contributed by atoms with Gasteiger partial charge in [-0.05, 0) is 0 Å². The van der Waals surface area contributed by atoms with Gasteiger partial charge in [0.1, 0.15) is 0 Å². The Kier molecular flexibility index (Phi) is 44900. The molecule has 0 unspecified atom stereocenters. The molecule has 0 rings (SSSR count). The van der Waals surface area contributed by atoms with Crippen molar-refractivity contribution in [3.05, 3.63) is 0 Å². The minimum absolute atomic E-state index is 0. The summed E-state index contributed by atoms with van der Waals surface area (Å²) in [7, 11) is 0. The molecule has 0 atom stereocenters. The van der Waals surface area contributed by atoms with Crippen LogP contribution in [0.4, 0.5) is 0 Å². The molecule has 0 aromatic heterocycles. The van der Waals surface area contributed by atoms with Crippen LogP contribution in [0.3, 0.4) is 0 Å². The smallest absolute Gasteiger partial charge is 0.870 e. The van der Waals surface area contributed by atoms with Gasteiger partial charge in [-0.2, -0.15) is 0 Å². The van der Waals surface area contributed by atoms with E-state index in [0.29, 0.717) is 0 Å². The maximum Gasteiger partial charge on any atom is 5.00 e. The van der Waals surface area contributed by atoms with Gasteiger partial charge < -0.3 is 27.4 Å². The van der Waals surface area contributed by atoms with Crippen molar-refractivity contribution in [2.45, 2.75) is 0 Å². The molecule has 0 aromatic rings. The van der Waals surface area contributed by atoms with Crippen LogP contribution < -0.4 is 0 Å². The van der Waals surface area contributed by atoms with E-state index >= 15 is 0 Å². The Morgan fingerprint density at radius 3 is 0.333 bits per heavy atom. The molecule has 0 radical (unpaired) electrons. The van der Waals surface area contributed by atoms with Crippen LogP contribution in [0.25, 0.3) is 0 Å². The summed E-state index contributed by atoms with van der Waals surface area (Å²) >= 11 is 0. The summed E-state index contributed by atoms with van der Waals surface area (Å²) in [6, 6.07) is 0. The predicted octanol–water partition coefficient (Wildman–Crippen LogP) is -0.886. The van der Waals surface area contributed by atoms with E-state index in [9.17, 15) is 0 Å². The molecule has 5 N–H and O–H groups in total. The van der Waals surface area contributed by atoms with Crippen molar-refractivity contribution in [1.82, 2.24) is 0 Å². The van der Waals surface area contributed by atoms with Crippen molar-refractivity contribution in [1.29, 1.82) is 0 Å². The summed E-state index contributed by atoms with van der Waals surface area (Å²) in [6.07, 6.45) is 0.